The van der Waals surface area contributed by atoms with E-state index in [2.05, 4.69) is 4.98 Å². The van der Waals surface area contributed by atoms with Crippen LogP contribution in [0.1, 0.15) is 5.56 Å². The lowest BCUT2D eigenvalue weighted by atomic mass is 10.2. The number of ether oxygens (including phenoxy) is 1. The van der Waals surface area contributed by atoms with E-state index < -0.39 is 0 Å². The molecule has 17 heavy (non-hydrogen) atoms. The van der Waals surface area contributed by atoms with Crippen LogP contribution in [0.25, 0.3) is 0 Å². The van der Waals surface area contributed by atoms with E-state index in [1.807, 2.05) is 0 Å². The van der Waals surface area contributed by atoms with E-state index in [4.69, 9.17) is 33.7 Å². The van der Waals surface area contributed by atoms with Crippen molar-refractivity contribution in [3.05, 3.63) is 52.1 Å². The van der Waals surface area contributed by atoms with Crippen molar-refractivity contribution in [3.63, 3.8) is 0 Å². The lowest BCUT2D eigenvalue weighted by Crippen LogP contribution is -1.99. The molecule has 0 amide bonds. The lowest BCUT2D eigenvalue weighted by molar-refractivity contribution is 0.462. The maximum atomic E-state index is 5.90. The molecule has 0 bridgehead atoms. The van der Waals surface area contributed by atoms with Crippen LogP contribution in [0.4, 0.5) is 0 Å². The van der Waals surface area contributed by atoms with E-state index in [9.17, 15) is 0 Å². The second-order valence-electron chi connectivity index (χ2n) is 3.37. The van der Waals surface area contributed by atoms with Crippen molar-refractivity contribution >= 4 is 23.2 Å². The summed E-state index contributed by atoms with van der Waals surface area (Å²) in [6.07, 6.45) is 1.52. The SMILES string of the molecule is NCc1cc(Oc2ccc(Cl)cc2)ncc1Cl. The molecule has 0 unspecified atom stereocenters. The predicted octanol–water partition coefficient (Wildman–Crippen LogP) is 3.64. The molecule has 2 rings (SSSR count). The van der Waals surface area contributed by atoms with E-state index >= 15 is 0 Å². The normalized spacial score (nSPS) is 10.3. The minimum atomic E-state index is 0.346. The van der Waals surface area contributed by atoms with Gasteiger partial charge in [0.15, 0.2) is 0 Å². The maximum Gasteiger partial charge on any atom is 0.219 e. The molecule has 88 valence electrons. The molecule has 0 saturated heterocycles. The monoisotopic (exact) mass is 268 g/mol. The number of halogens is 2. The molecule has 2 N–H and O–H groups in total. The van der Waals surface area contributed by atoms with E-state index in [0.717, 1.165) is 5.56 Å². The average Bonchev–Trinajstić information content (AvgIpc) is 2.34. The maximum absolute atomic E-state index is 5.90. The van der Waals surface area contributed by atoms with Gasteiger partial charge in [0.05, 0.1) is 5.02 Å². The molecule has 1 heterocycles. The number of benzene rings is 1. The van der Waals surface area contributed by atoms with Crippen LogP contribution < -0.4 is 10.5 Å². The van der Waals surface area contributed by atoms with Gasteiger partial charge in [0.1, 0.15) is 5.75 Å². The Kier molecular flexibility index (Phi) is 3.84. The van der Waals surface area contributed by atoms with Crippen LogP contribution in [-0.4, -0.2) is 4.98 Å². The van der Waals surface area contributed by atoms with Crippen LogP contribution in [0.5, 0.6) is 11.6 Å². The Morgan fingerprint density at radius 3 is 2.53 bits per heavy atom. The van der Waals surface area contributed by atoms with E-state index in [-0.39, 0.29) is 0 Å². The number of pyridine rings is 1. The Bertz CT molecular complexity index is 514. The van der Waals surface area contributed by atoms with Crippen LogP contribution in [0.2, 0.25) is 10.0 Å². The van der Waals surface area contributed by atoms with Gasteiger partial charge in [0.25, 0.3) is 0 Å². The summed E-state index contributed by atoms with van der Waals surface area (Å²) in [4.78, 5) is 4.06. The minimum Gasteiger partial charge on any atom is -0.439 e. The first-order valence-corrected chi connectivity index (χ1v) is 5.72. The first-order valence-electron chi connectivity index (χ1n) is 4.97. The fraction of sp³-hybridized carbons (Fsp3) is 0.0833. The highest BCUT2D eigenvalue weighted by atomic mass is 35.5. The van der Waals surface area contributed by atoms with E-state index in [1.54, 1.807) is 30.3 Å². The van der Waals surface area contributed by atoms with Crippen molar-refractivity contribution in [2.45, 2.75) is 6.54 Å². The number of aromatic nitrogens is 1. The van der Waals surface area contributed by atoms with Gasteiger partial charge >= 0.3 is 0 Å². The van der Waals surface area contributed by atoms with Gasteiger partial charge in [0.2, 0.25) is 5.88 Å². The summed E-state index contributed by atoms with van der Waals surface area (Å²) < 4.78 is 5.55. The van der Waals surface area contributed by atoms with E-state index in [1.165, 1.54) is 6.20 Å². The molecule has 0 aliphatic heterocycles. The van der Waals surface area contributed by atoms with Crippen molar-refractivity contribution in [3.8, 4) is 11.6 Å². The Hall–Kier alpha value is -1.29. The molecule has 0 saturated carbocycles. The topological polar surface area (TPSA) is 48.1 Å². The molecule has 0 aliphatic carbocycles. The van der Waals surface area contributed by atoms with Gasteiger partial charge in [-0.3, -0.25) is 0 Å². The first kappa shape index (κ1) is 12.2. The van der Waals surface area contributed by atoms with Crippen LogP contribution in [0.3, 0.4) is 0 Å². The fourth-order valence-electron chi connectivity index (χ4n) is 1.29. The number of nitrogens with zero attached hydrogens (tertiary/aromatic N) is 1. The lowest BCUT2D eigenvalue weighted by Gasteiger charge is -2.07. The number of rotatable bonds is 3. The quantitative estimate of drug-likeness (QED) is 0.925. The Morgan fingerprint density at radius 1 is 1.18 bits per heavy atom. The van der Waals surface area contributed by atoms with Gasteiger partial charge in [-0.1, -0.05) is 23.2 Å². The Morgan fingerprint density at radius 2 is 1.88 bits per heavy atom. The van der Waals surface area contributed by atoms with Crippen LogP contribution in [0.15, 0.2) is 36.5 Å². The molecule has 5 heteroatoms. The summed E-state index contributed by atoms with van der Waals surface area (Å²) >= 11 is 11.7. The Balaban J connectivity index is 2.21. The third-order valence-electron chi connectivity index (χ3n) is 2.17. The zero-order chi connectivity index (χ0) is 12.3. The smallest absolute Gasteiger partial charge is 0.219 e. The summed E-state index contributed by atoms with van der Waals surface area (Å²) in [5.74, 6) is 1.12. The van der Waals surface area contributed by atoms with Gasteiger partial charge in [-0.15, -0.1) is 0 Å². The highest BCUT2D eigenvalue weighted by molar-refractivity contribution is 6.31. The van der Waals surface area contributed by atoms with Crippen LogP contribution in [0, 0.1) is 0 Å². The fourth-order valence-corrected chi connectivity index (χ4v) is 1.60. The summed E-state index contributed by atoms with van der Waals surface area (Å²) in [5, 5.41) is 1.19. The van der Waals surface area contributed by atoms with Crippen molar-refractivity contribution in [1.82, 2.24) is 4.98 Å². The second kappa shape index (κ2) is 5.36. The molecule has 0 atom stereocenters. The molecular formula is C12H10Cl2N2O. The molecule has 3 nitrogen and oxygen atoms in total. The molecule has 0 radical (unpaired) electrons. The van der Waals surface area contributed by atoms with Gasteiger partial charge < -0.3 is 10.5 Å². The minimum absolute atomic E-state index is 0.346. The van der Waals surface area contributed by atoms with Crippen molar-refractivity contribution in [2.75, 3.05) is 0 Å². The largest absolute Gasteiger partial charge is 0.439 e. The first-order chi connectivity index (χ1) is 8.19. The molecule has 0 fully saturated rings. The summed E-state index contributed by atoms with van der Waals surface area (Å²) in [5.41, 5.74) is 6.34. The zero-order valence-electron chi connectivity index (χ0n) is 8.86. The van der Waals surface area contributed by atoms with Crippen molar-refractivity contribution in [2.24, 2.45) is 5.73 Å². The molecule has 0 aliphatic rings. The molecular weight excluding hydrogens is 259 g/mol. The Labute approximate surface area is 109 Å². The van der Waals surface area contributed by atoms with E-state index in [0.29, 0.717) is 28.2 Å². The number of hydrogen-bond donors (Lipinski definition) is 1. The molecule has 1 aromatic carbocycles. The van der Waals surface area contributed by atoms with Gasteiger partial charge in [-0.05, 0) is 29.8 Å². The average molecular weight is 269 g/mol. The highest BCUT2D eigenvalue weighted by Crippen LogP contribution is 2.24. The third kappa shape index (κ3) is 3.09. The van der Waals surface area contributed by atoms with Crippen molar-refractivity contribution < 1.29 is 4.74 Å². The summed E-state index contributed by atoms with van der Waals surface area (Å²) in [6.45, 7) is 0.346. The molecule has 1 aromatic heterocycles. The third-order valence-corrected chi connectivity index (χ3v) is 2.76. The standard InChI is InChI=1S/C12H10Cl2N2O/c13-9-1-3-10(4-2-9)17-12-5-8(6-15)11(14)7-16-12/h1-5,7H,6,15H2. The van der Waals surface area contributed by atoms with Crippen molar-refractivity contribution in [1.29, 1.82) is 0 Å². The predicted molar refractivity (Wildman–Crippen MR) is 68.7 cm³/mol. The number of nitrogens with two attached hydrogens (primary N) is 1. The van der Waals surface area contributed by atoms with Gasteiger partial charge in [-0.25, -0.2) is 4.98 Å². The summed E-state index contributed by atoms with van der Waals surface area (Å²) in [6, 6.07) is 8.74. The van der Waals surface area contributed by atoms with Gasteiger partial charge in [0, 0.05) is 23.8 Å². The van der Waals surface area contributed by atoms with Crippen LogP contribution in [-0.2, 0) is 6.54 Å². The second-order valence-corrected chi connectivity index (χ2v) is 4.22. The van der Waals surface area contributed by atoms with Crippen LogP contribution >= 0.6 is 23.2 Å². The zero-order valence-corrected chi connectivity index (χ0v) is 10.4. The molecule has 2 aromatic rings. The van der Waals surface area contributed by atoms with Gasteiger partial charge in [-0.2, -0.15) is 0 Å². The number of hydrogen-bond acceptors (Lipinski definition) is 3. The molecule has 0 spiro atoms. The highest BCUT2D eigenvalue weighted by Gasteiger charge is 2.04. The summed E-state index contributed by atoms with van der Waals surface area (Å²) in [7, 11) is 0.